The Morgan fingerprint density at radius 1 is 1.07 bits per heavy atom. The molecule has 86 valence electrons. The van der Waals surface area contributed by atoms with Gasteiger partial charge < -0.3 is 5.11 Å². The van der Waals surface area contributed by atoms with Crippen molar-refractivity contribution in [2.75, 3.05) is 6.61 Å². The third-order valence-electron chi connectivity index (χ3n) is 2.31. The summed E-state index contributed by atoms with van der Waals surface area (Å²) in [7, 11) is 0. The lowest BCUT2D eigenvalue weighted by molar-refractivity contribution is -0.113. The Morgan fingerprint density at radius 3 is 2.27 bits per heavy atom. The van der Waals surface area contributed by atoms with E-state index in [0.29, 0.717) is 6.42 Å². The van der Waals surface area contributed by atoms with Crippen LogP contribution in [0.2, 0.25) is 0 Å². The first-order chi connectivity index (χ1) is 7.31. The molecule has 0 aliphatic heterocycles. The Kier molecular flexibility index (Phi) is 10.7. The summed E-state index contributed by atoms with van der Waals surface area (Å²) in [5.41, 5.74) is 0. The Balaban J connectivity index is 3.20. The van der Waals surface area contributed by atoms with Crippen LogP contribution in [-0.2, 0) is 4.79 Å². The minimum atomic E-state index is -0.219. The van der Waals surface area contributed by atoms with Gasteiger partial charge in [0.15, 0.2) is 0 Å². The Bertz CT molecular complexity index is 210. The molecule has 0 fully saturated rings. The fourth-order valence-electron chi connectivity index (χ4n) is 1.44. The zero-order chi connectivity index (χ0) is 11.4. The molecule has 0 spiro atoms. The Morgan fingerprint density at radius 2 is 1.67 bits per heavy atom. The van der Waals surface area contributed by atoms with Crippen molar-refractivity contribution in [2.45, 2.75) is 58.3 Å². The highest BCUT2D eigenvalue weighted by Gasteiger charge is 1.96. The van der Waals surface area contributed by atoms with Crippen LogP contribution in [0.25, 0.3) is 0 Å². The van der Waals surface area contributed by atoms with E-state index in [1.54, 1.807) is 0 Å². The van der Waals surface area contributed by atoms with E-state index in [0.717, 1.165) is 12.8 Å². The van der Waals surface area contributed by atoms with Crippen molar-refractivity contribution in [1.82, 2.24) is 0 Å². The van der Waals surface area contributed by atoms with Gasteiger partial charge in [-0.05, 0) is 12.3 Å². The summed E-state index contributed by atoms with van der Waals surface area (Å²) in [5.74, 6) is 4.73. The zero-order valence-electron chi connectivity index (χ0n) is 9.72. The summed E-state index contributed by atoms with van der Waals surface area (Å²) in [5, 5.41) is 8.38. The third kappa shape index (κ3) is 11.1. The van der Waals surface area contributed by atoms with Crippen molar-refractivity contribution in [1.29, 1.82) is 0 Å². The summed E-state index contributed by atoms with van der Waals surface area (Å²) in [4.78, 5) is 11.1. The van der Waals surface area contributed by atoms with Gasteiger partial charge in [0.2, 0.25) is 5.78 Å². The molecule has 0 radical (unpaired) electrons. The molecule has 15 heavy (non-hydrogen) atoms. The molecular weight excluding hydrogens is 188 g/mol. The van der Waals surface area contributed by atoms with E-state index in [2.05, 4.69) is 18.8 Å². The highest BCUT2D eigenvalue weighted by Crippen LogP contribution is 2.08. The normalized spacial score (nSPS) is 9.47. The molecule has 0 unspecified atom stereocenters. The molecule has 0 amide bonds. The number of ketones is 1. The van der Waals surface area contributed by atoms with Gasteiger partial charge in [0.25, 0.3) is 0 Å². The van der Waals surface area contributed by atoms with Gasteiger partial charge in [0.1, 0.15) is 6.61 Å². The second-order valence-electron chi connectivity index (χ2n) is 3.75. The fourth-order valence-corrected chi connectivity index (χ4v) is 1.44. The number of carbonyl (C=O) groups excluding carboxylic acids is 1. The number of aliphatic hydroxyl groups excluding tert-OH is 1. The molecule has 0 aromatic rings. The van der Waals surface area contributed by atoms with Crippen molar-refractivity contribution in [3.63, 3.8) is 0 Å². The molecule has 0 saturated heterocycles. The molecule has 0 aromatic heterocycles. The number of hydrogen-bond donors (Lipinski definition) is 1. The standard InChI is InChI=1S/C13H22O2/c1-2-3-4-5-6-7-8-10-13(15)11-9-12-14/h14H,2-8,10,12H2,1H3. The SMILES string of the molecule is CCCCCCCCCC(=O)C#CCO. The van der Waals surface area contributed by atoms with Crippen LogP contribution in [0.5, 0.6) is 0 Å². The average molecular weight is 210 g/mol. The summed E-state index contributed by atoms with van der Waals surface area (Å²) in [6, 6.07) is 0. The van der Waals surface area contributed by atoms with E-state index in [-0.39, 0.29) is 12.4 Å². The van der Waals surface area contributed by atoms with E-state index in [4.69, 9.17) is 5.11 Å². The number of hydrogen-bond acceptors (Lipinski definition) is 2. The van der Waals surface area contributed by atoms with Crippen molar-refractivity contribution < 1.29 is 9.90 Å². The summed E-state index contributed by atoms with van der Waals surface area (Å²) in [6.45, 7) is 1.99. The van der Waals surface area contributed by atoms with Crippen LogP contribution in [0, 0.1) is 11.8 Å². The maximum Gasteiger partial charge on any atom is 0.205 e. The van der Waals surface area contributed by atoms with Crippen molar-refractivity contribution in [3.05, 3.63) is 0 Å². The first-order valence-electron chi connectivity index (χ1n) is 5.93. The minimum absolute atomic E-state index is 0.0439. The first kappa shape index (κ1) is 14.2. The molecule has 0 aromatic carbocycles. The number of rotatable bonds is 8. The number of unbranched alkanes of at least 4 members (excludes halogenated alkanes) is 6. The molecule has 2 nitrogen and oxygen atoms in total. The van der Waals surface area contributed by atoms with Crippen LogP contribution >= 0.6 is 0 Å². The Labute approximate surface area is 93.1 Å². The van der Waals surface area contributed by atoms with Crippen LogP contribution < -0.4 is 0 Å². The van der Waals surface area contributed by atoms with Crippen LogP contribution in [0.4, 0.5) is 0 Å². The second kappa shape index (κ2) is 11.3. The fraction of sp³-hybridized carbons (Fsp3) is 0.769. The largest absolute Gasteiger partial charge is 0.384 e. The number of carbonyl (C=O) groups is 1. The summed E-state index contributed by atoms with van der Waals surface area (Å²) >= 11 is 0. The van der Waals surface area contributed by atoms with Gasteiger partial charge in [0, 0.05) is 6.42 Å². The lowest BCUT2D eigenvalue weighted by Gasteiger charge is -1.98. The molecule has 0 atom stereocenters. The third-order valence-corrected chi connectivity index (χ3v) is 2.31. The highest BCUT2D eigenvalue weighted by molar-refractivity contribution is 5.95. The molecule has 0 saturated carbocycles. The molecule has 0 heterocycles. The van der Waals surface area contributed by atoms with Crippen LogP contribution in [0.15, 0.2) is 0 Å². The Hall–Kier alpha value is -0.810. The van der Waals surface area contributed by atoms with Crippen LogP contribution in [0.1, 0.15) is 58.3 Å². The lowest BCUT2D eigenvalue weighted by atomic mass is 10.1. The first-order valence-corrected chi connectivity index (χ1v) is 5.93. The van der Waals surface area contributed by atoms with Gasteiger partial charge in [-0.15, -0.1) is 0 Å². The maximum absolute atomic E-state index is 11.1. The zero-order valence-corrected chi connectivity index (χ0v) is 9.72. The van der Waals surface area contributed by atoms with Gasteiger partial charge in [-0.25, -0.2) is 0 Å². The molecular formula is C13H22O2. The molecule has 0 bridgehead atoms. The predicted octanol–water partition coefficient (Wildman–Crippen LogP) is 2.69. The smallest absolute Gasteiger partial charge is 0.205 e. The topological polar surface area (TPSA) is 37.3 Å². The lowest BCUT2D eigenvalue weighted by Crippen LogP contribution is -1.93. The van der Waals surface area contributed by atoms with Crippen molar-refractivity contribution in [3.8, 4) is 11.8 Å². The van der Waals surface area contributed by atoms with Crippen LogP contribution in [0.3, 0.4) is 0 Å². The number of Topliss-reactive ketones (excluding diaryl/α,β-unsaturated/α-hetero) is 1. The minimum Gasteiger partial charge on any atom is -0.384 e. The van der Waals surface area contributed by atoms with Gasteiger partial charge in [0.05, 0.1) is 0 Å². The average Bonchev–Trinajstić information content (AvgIpc) is 2.25. The van der Waals surface area contributed by atoms with Gasteiger partial charge >= 0.3 is 0 Å². The highest BCUT2D eigenvalue weighted by atomic mass is 16.2. The van der Waals surface area contributed by atoms with E-state index in [9.17, 15) is 4.79 Å². The quantitative estimate of drug-likeness (QED) is 0.380. The van der Waals surface area contributed by atoms with Gasteiger partial charge in [-0.2, -0.15) is 0 Å². The monoisotopic (exact) mass is 210 g/mol. The summed E-state index contributed by atoms with van der Waals surface area (Å²) < 4.78 is 0. The van der Waals surface area contributed by atoms with Gasteiger partial charge in [-0.1, -0.05) is 51.4 Å². The number of aliphatic hydroxyl groups is 1. The second-order valence-corrected chi connectivity index (χ2v) is 3.75. The van der Waals surface area contributed by atoms with Gasteiger partial charge in [-0.3, -0.25) is 4.79 Å². The van der Waals surface area contributed by atoms with E-state index in [1.807, 2.05) is 0 Å². The van der Waals surface area contributed by atoms with E-state index in [1.165, 1.54) is 32.1 Å². The molecule has 0 rings (SSSR count). The molecule has 0 aliphatic rings. The van der Waals surface area contributed by atoms with E-state index < -0.39 is 0 Å². The molecule has 2 heteroatoms. The molecule has 0 aliphatic carbocycles. The predicted molar refractivity (Wildman–Crippen MR) is 62.5 cm³/mol. The molecule has 1 N–H and O–H groups in total. The van der Waals surface area contributed by atoms with Crippen molar-refractivity contribution >= 4 is 5.78 Å². The van der Waals surface area contributed by atoms with E-state index >= 15 is 0 Å². The summed E-state index contributed by atoms with van der Waals surface area (Å²) in [6.07, 6.45) is 9.01. The maximum atomic E-state index is 11.1. The van der Waals surface area contributed by atoms with Crippen LogP contribution in [-0.4, -0.2) is 17.5 Å². The van der Waals surface area contributed by atoms with Crippen molar-refractivity contribution in [2.24, 2.45) is 0 Å².